The monoisotopic (exact) mass is 249 g/mol. The van der Waals surface area contributed by atoms with Gasteiger partial charge in [0.15, 0.2) is 0 Å². The van der Waals surface area contributed by atoms with E-state index in [0.29, 0.717) is 5.75 Å². The molecule has 1 atom stereocenters. The van der Waals surface area contributed by atoms with E-state index < -0.39 is 5.97 Å². The third-order valence-electron chi connectivity index (χ3n) is 1.68. The van der Waals surface area contributed by atoms with Gasteiger partial charge in [0, 0.05) is 5.75 Å². The zero-order valence-electron chi connectivity index (χ0n) is 9.19. The Morgan fingerprint density at radius 2 is 2.06 bits per heavy atom. The molecule has 0 aromatic heterocycles. The van der Waals surface area contributed by atoms with Crippen LogP contribution in [0.5, 0.6) is 0 Å². The van der Waals surface area contributed by atoms with Crippen LogP contribution in [0.3, 0.4) is 0 Å². The van der Waals surface area contributed by atoms with Gasteiger partial charge in [-0.05, 0) is 6.92 Å². The molecule has 0 radical (unpaired) electrons. The third-order valence-corrected chi connectivity index (χ3v) is 2.84. The fourth-order valence-corrected chi connectivity index (χ4v) is 1.68. The second-order valence-corrected chi connectivity index (χ2v) is 4.40. The van der Waals surface area contributed by atoms with E-state index in [2.05, 4.69) is 10.1 Å². The number of amides is 1. The summed E-state index contributed by atoms with van der Waals surface area (Å²) in [5.74, 6) is -1.29. The predicted octanol–water partition coefficient (Wildman–Crippen LogP) is -0.128. The number of carbonyl (C=O) groups is 3. The highest BCUT2D eigenvalue weighted by Crippen LogP contribution is 2.11. The van der Waals surface area contributed by atoms with Gasteiger partial charge in [-0.15, -0.1) is 11.8 Å². The molecule has 0 aliphatic heterocycles. The average Bonchev–Trinajstić information content (AvgIpc) is 2.25. The van der Waals surface area contributed by atoms with Gasteiger partial charge in [-0.25, -0.2) is 0 Å². The van der Waals surface area contributed by atoms with Crippen molar-refractivity contribution in [1.82, 2.24) is 5.32 Å². The minimum Gasteiger partial charge on any atom is -0.480 e. The molecule has 0 aliphatic rings. The van der Waals surface area contributed by atoms with Crippen LogP contribution in [0.4, 0.5) is 0 Å². The number of hydrogen-bond acceptors (Lipinski definition) is 5. The second-order valence-electron chi connectivity index (χ2n) is 2.95. The topological polar surface area (TPSA) is 92.7 Å². The number of methoxy groups -OCH3 is 1. The Balaban J connectivity index is 3.70. The van der Waals surface area contributed by atoms with Crippen LogP contribution in [-0.2, 0) is 19.1 Å². The molecule has 0 aromatic carbocycles. The molecule has 16 heavy (non-hydrogen) atoms. The lowest BCUT2D eigenvalue weighted by atomic mass is 10.4. The van der Waals surface area contributed by atoms with Gasteiger partial charge in [-0.1, -0.05) is 0 Å². The number of thioether (sulfide) groups is 1. The molecule has 0 bridgehead atoms. The summed E-state index contributed by atoms with van der Waals surface area (Å²) in [5, 5.41) is 10.2. The number of rotatable bonds is 7. The van der Waals surface area contributed by atoms with Gasteiger partial charge >= 0.3 is 11.9 Å². The summed E-state index contributed by atoms with van der Waals surface area (Å²) in [5.41, 5.74) is 0. The molecule has 2 N–H and O–H groups in total. The minimum absolute atomic E-state index is 0.234. The first-order valence-electron chi connectivity index (χ1n) is 4.65. The summed E-state index contributed by atoms with van der Waals surface area (Å²) in [6.45, 7) is 1.26. The first-order valence-corrected chi connectivity index (χ1v) is 5.70. The molecule has 0 heterocycles. The number of nitrogens with one attached hydrogen (secondary N) is 1. The normalized spacial score (nSPS) is 11.6. The van der Waals surface area contributed by atoms with Gasteiger partial charge in [0.05, 0.1) is 18.8 Å². The van der Waals surface area contributed by atoms with Crippen molar-refractivity contribution >= 4 is 29.6 Å². The van der Waals surface area contributed by atoms with Crippen LogP contribution in [-0.4, -0.2) is 47.6 Å². The van der Waals surface area contributed by atoms with Gasteiger partial charge in [-0.2, -0.15) is 0 Å². The Labute approximate surface area is 97.7 Å². The van der Waals surface area contributed by atoms with Crippen LogP contribution in [0.2, 0.25) is 0 Å². The highest BCUT2D eigenvalue weighted by molar-refractivity contribution is 8.00. The molecule has 7 heteroatoms. The molecule has 1 unspecified atom stereocenters. The molecule has 0 saturated heterocycles. The number of carboxylic acid groups (broad SMARTS) is 1. The molecule has 6 nitrogen and oxygen atoms in total. The highest BCUT2D eigenvalue weighted by Gasteiger charge is 2.14. The zero-order valence-corrected chi connectivity index (χ0v) is 10.0. The van der Waals surface area contributed by atoms with Crippen LogP contribution in [0.15, 0.2) is 0 Å². The quantitative estimate of drug-likeness (QED) is 0.611. The summed E-state index contributed by atoms with van der Waals surface area (Å²) in [7, 11) is 1.30. The van der Waals surface area contributed by atoms with Crippen molar-refractivity contribution in [3.63, 3.8) is 0 Å². The zero-order chi connectivity index (χ0) is 12.6. The van der Waals surface area contributed by atoms with Gasteiger partial charge in [-0.3, -0.25) is 14.4 Å². The number of hydrogen-bond donors (Lipinski definition) is 2. The summed E-state index contributed by atoms with van der Waals surface area (Å²) in [6, 6.07) is 0. The van der Waals surface area contributed by atoms with Gasteiger partial charge < -0.3 is 15.2 Å². The van der Waals surface area contributed by atoms with E-state index in [-0.39, 0.29) is 30.1 Å². The second kappa shape index (κ2) is 7.98. The van der Waals surface area contributed by atoms with Crippen molar-refractivity contribution in [2.75, 3.05) is 19.4 Å². The first-order chi connectivity index (χ1) is 7.47. The number of carbonyl (C=O) groups excluding carboxylic acids is 2. The maximum absolute atomic E-state index is 11.3. The van der Waals surface area contributed by atoms with E-state index in [0.717, 1.165) is 0 Å². The summed E-state index contributed by atoms with van der Waals surface area (Å²) in [4.78, 5) is 32.2. The van der Waals surface area contributed by atoms with Gasteiger partial charge in [0.25, 0.3) is 0 Å². The molecular weight excluding hydrogens is 234 g/mol. The van der Waals surface area contributed by atoms with E-state index in [9.17, 15) is 14.4 Å². The molecule has 0 spiro atoms. The Morgan fingerprint density at radius 1 is 1.44 bits per heavy atom. The fourth-order valence-electron chi connectivity index (χ4n) is 0.803. The average molecular weight is 249 g/mol. The molecule has 0 rings (SSSR count). The summed E-state index contributed by atoms with van der Waals surface area (Å²) < 4.78 is 4.44. The lowest BCUT2D eigenvalue weighted by Crippen LogP contribution is -2.35. The van der Waals surface area contributed by atoms with Crippen molar-refractivity contribution in [2.45, 2.75) is 18.6 Å². The van der Waals surface area contributed by atoms with Crippen molar-refractivity contribution in [3.8, 4) is 0 Å². The predicted molar refractivity (Wildman–Crippen MR) is 59.2 cm³/mol. The maximum Gasteiger partial charge on any atom is 0.322 e. The minimum atomic E-state index is -1.08. The van der Waals surface area contributed by atoms with E-state index >= 15 is 0 Å². The van der Waals surface area contributed by atoms with E-state index in [1.54, 1.807) is 6.92 Å². The van der Waals surface area contributed by atoms with E-state index in [1.165, 1.54) is 18.9 Å². The first kappa shape index (κ1) is 14.8. The van der Waals surface area contributed by atoms with Crippen LogP contribution in [0.1, 0.15) is 13.3 Å². The molecule has 0 saturated carbocycles. The number of carboxylic acids is 1. The third kappa shape index (κ3) is 7.10. The maximum atomic E-state index is 11.3. The van der Waals surface area contributed by atoms with Crippen LogP contribution in [0.25, 0.3) is 0 Å². The molecule has 0 aromatic rings. The van der Waals surface area contributed by atoms with Crippen molar-refractivity contribution in [3.05, 3.63) is 0 Å². The van der Waals surface area contributed by atoms with Crippen LogP contribution >= 0.6 is 11.8 Å². The highest BCUT2D eigenvalue weighted by atomic mass is 32.2. The smallest absolute Gasteiger partial charge is 0.322 e. The Bertz CT molecular complexity index is 269. The molecule has 0 fully saturated rings. The van der Waals surface area contributed by atoms with Gasteiger partial charge in [0.1, 0.15) is 6.54 Å². The van der Waals surface area contributed by atoms with Crippen molar-refractivity contribution < 1.29 is 24.2 Å². The lowest BCUT2D eigenvalue weighted by Gasteiger charge is -2.09. The number of esters is 1. The van der Waals surface area contributed by atoms with Crippen LogP contribution in [0, 0.1) is 0 Å². The molecule has 0 aliphatic carbocycles. The Kier molecular flexibility index (Phi) is 7.36. The van der Waals surface area contributed by atoms with E-state index in [4.69, 9.17) is 5.11 Å². The standard InChI is InChI=1S/C9H15NO5S/c1-6(9(14)10-5-7(11)12)16-4-3-8(13)15-2/h6H,3-5H2,1-2H3,(H,10,14)(H,11,12). The van der Waals surface area contributed by atoms with Crippen molar-refractivity contribution in [1.29, 1.82) is 0 Å². The largest absolute Gasteiger partial charge is 0.480 e. The molecule has 92 valence electrons. The van der Waals surface area contributed by atoms with Crippen LogP contribution < -0.4 is 5.32 Å². The summed E-state index contributed by atoms with van der Waals surface area (Å²) >= 11 is 1.27. The number of ether oxygens (including phenoxy) is 1. The lowest BCUT2D eigenvalue weighted by molar-refractivity contribution is -0.140. The number of aliphatic carboxylic acids is 1. The summed E-state index contributed by atoms with van der Waals surface area (Å²) in [6.07, 6.45) is 0.234. The SMILES string of the molecule is COC(=O)CCSC(C)C(=O)NCC(=O)O. The molecular formula is C9H15NO5S. The fraction of sp³-hybridized carbons (Fsp3) is 0.667. The Morgan fingerprint density at radius 3 is 2.56 bits per heavy atom. The van der Waals surface area contributed by atoms with E-state index in [1.807, 2.05) is 0 Å². The Hall–Kier alpha value is -1.24. The molecule has 1 amide bonds. The van der Waals surface area contributed by atoms with Gasteiger partial charge in [0.2, 0.25) is 5.91 Å². The van der Waals surface area contributed by atoms with Crippen molar-refractivity contribution in [2.24, 2.45) is 0 Å².